The summed E-state index contributed by atoms with van der Waals surface area (Å²) in [4.78, 5) is 0. The Bertz CT molecular complexity index is 23.6. The fraction of sp³-hybridized carbons (Fsp3) is 1.00. The Morgan fingerprint density at radius 3 is 2.00 bits per heavy atom. The van der Waals surface area contributed by atoms with Crippen LogP contribution >= 0.6 is 11.9 Å². The summed E-state index contributed by atoms with van der Waals surface area (Å²) < 4.78 is 1.54. The molecule has 0 saturated carbocycles. The van der Waals surface area contributed by atoms with Crippen LogP contribution in [0.25, 0.3) is 0 Å². The first-order valence-electron chi connectivity index (χ1n) is 1.30. The average Bonchev–Trinajstić information content (AvgIpc) is 1.38. The minimum atomic E-state index is 1.49. The van der Waals surface area contributed by atoms with Gasteiger partial charge in [-0.3, -0.25) is 0 Å². The maximum Gasteiger partial charge on any atom is 0.199 e. The first-order valence-corrected chi connectivity index (χ1v) is 2.48. The van der Waals surface area contributed by atoms with Crippen molar-refractivity contribution in [2.45, 2.75) is 0 Å². The standard InChI is InChI=1S/C2H6BNS/c1-4(3)5-2/h1-2H3. The van der Waals surface area contributed by atoms with Crippen LogP contribution in [0.3, 0.4) is 0 Å². The number of hydrogen-bond donors (Lipinski definition) is 0. The zero-order valence-corrected chi connectivity index (χ0v) is 4.25. The molecule has 0 atom stereocenters. The smallest absolute Gasteiger partial charge is 0.199 e. The van der Waals surface area contributed by atoms with Gasteiger partial charge in [0.2, 0.25) is 0 Å². The fourth-order valence-corrected chi connectivity index (χ4v) is 0. The highest BCUT2D eigenvalue weighted by Gasteiger charge is 1.73. The van der Waals surface area contributed by atoms with Gasteiger partial charge in [-0.2, -0.15) is 0 Å². The molecule has 0 heterocycles. The monoisotopic (exact) mass is 87.0 g/mol. The zero-order chi connectivity index (χ0) is 4.28. The van der Waals surface area contributed by atoms with Crippen LogP contribution in [0.1, 0.15) is 0 Å². The summed E-state index contributed by atoms with van der Waals surface area (Å²) in [5.74, 6) is 0. The van der Waals surface area contributed by atoms with Crippen LogP contribution in [-0.2, 0) is 0 Å². The summed E-state index contributed by atoms with van der Waals surface area (Å²) in [6, 6.07) is 0. The Hall–Kier alpha value is 0.375. The van der Waals surface area contributed by atoms with Gasteiger partial charge in [-0.15, -0.1) is 0 Å². The van der Waals surface area contributed by atoms with Crippen LogP contribution < -0.4 is 0 Å². The van der Waals surface area contributed by atoms with Gasteiger partial charge in [0.05, 0.1) is 0 Å². The molecule has 0 aromatic heterocycles. The van der Waals surface area contributed by atoms with Crippen LogP contribution in [0.4, 0.5) is 0 Å². The van der Waals surface area contributed by atoms with E-state index in [9.17, 15) is 0 Å². The van der Waals surface area contributed by atoms with Crippen molar-refractivity contribution in [3.05, 3.63) is 0 Å². The van der Waals surface area contributed by atoms with Gasteiger partial charge in [0, 0.05) is 0 Å². The Morgan fingerprint density at radius 1 is 1.80 bits per heavy atom. The molecule has 0 rings (SSSR count). The highest BCUT2D eigenvalue weighted by molar-refractivity contribution is 7.97. The summed E-state index contributed by atoms with van der Waals surface area (Å²) in [6.45, 7) is 0. The van der Waals surface area contributed by atoms with Crippen LogP contribution in [0.2, 0.25) is 0 Å². The SMILES string of the molecule is [B]N(C)SC. The van der Waals surface area contributed by atoms with Gasteiger partial charge < -0.3 is 4.22 Å². The third kappa shape index (κ3) is 4.37. The van der Waals surface area contributed by atoms with Crippen molar-refractivity contribution in [3.63, 3.8) is 0 Å². The first kappa shape index (κ1) is 5.37. The Morgan fingerprint density at radius 2 is 2.00 bits per heavy atom. The molecule has 5 heavy (non-hydrogen) atoms. The molecular weight excluding hydrogens is 80.9 g/mol. The third-order valence-corrected chi connectivity index (χ3v) is 0.864. The third-order valence-electron chi connectivity index (χ3n) is 0.288. The van der Waals surface area contributed by atoms with E-state index in [2.05, 4.69) is 0 Å². The quantitative estimate of drug-likeness (QED) is 0.333. The predicted octanol–water partition coefficient (Wildman–Crippen LogP) is 0.280. The maximum atomic E-state index is 5.09. The van der Waals surface area contributed by atoms with Crippen molar-refractivity contribution in [3.8, 4) is 0 Å². The molecule has 0 spiro atoms. The molecule has 0 saturated heterocycles. The fourth-order valence-electron chi connectivity index (χ4n) is 0. The topological polar surface area (TPSA) is 3.24 Å². The van der Waals surface area contributed by atoms with E-state index in [1.165, 1.54) is 11.9 Å². The Balaban J connectivity index is 2.54. The molecule has 0 amide bonds. The summed E-state index contributed by atoms with van der Waals surface area (Å²) >= 11 is 1.49. The van der Waals surface area contributed by atoms with Gasteiger partial charge in [-0.1, -0.05) is 11.9 Å². The van der Waals surface area contributed by atoms with Crippen LogP contribution in [0.15, 0.2) is 0 Å². The van der Waals surface area contributed by atoms with E-state index in [1.54, 1.807) is 11.3 Å². The predicted molar refractivity (Wildman–Crippen MR) is 27.0 cm³/mol. The largest absolute Gasteiger partial charge is 0.306 e. The number of hydrogen-bond acceptors (Lipinski definition) is 2. The Labute approximate surface area is 38.3 Å². The lowest BCUT2D eigenvalue weighted by Crippen LogP contribution is -1.98. The minimum absolute atomic E-state index is 1.49. The molecule has 28 valence electrons. The van der Waals surface area contributed by atoms with E-state index in [0.29, 0.717) is 0 Å². The highest BCUT2D eigenvalue weighted by Crippen LogP contribution is 1.90. The molecular formula is C2H6BNS. The zero-order valence-electron chi connectivity index (χ0n) is 3.43. The van der Waals surface area contributed by atoms with E-state index in [-0.39, 0.29) is 0 Å². The molecule has 0 unspecified atom stereocenters. The highest BCUT2D eigenvalue weighted by atomic mass is 32.2. The minimum Gasteiger partial charge on any atom is -0.306 e. The van der Waals surface area contributed by atoms with Crippen molar-refractivity contribution in [2.75, 3.05) is 13.3 Å². The van der Waals surface area contributed by atoms with E-state index < -0.39 is 0 Å². The molecule has 0 aliphatic heterocycles. The van der Waals surface area contributed by atoms with Crippen LogP contribution in [0.5, 0.6) is 0 Å². The van der Waals surface area contributed by atoms with Crippen molar-refractivity contribution in [2.24, 2.45) is 0 Å². The molecule has 0 fully saturated rings. The summed E-state index contributed by atoms with van der Waals surface area (Å²) in [5.41, 5.74) is 0. The van der Waals surface area contributed by atoms with Gasteiger partial charge in [-0.05, 0) is 13.3 Å². The number of rotatable bonds is 1. The van der Waals surface area contributed by atoms with Gasteiger partial charge in [0.25, 0.3) is 0 Å². The summed E-state index contributed by atoms with van der Waals surface area (Å²) in [7, 11) is 6.88. The molecule has 0 aliphatic rings. The molecule has 3 heteroatoms. The van der Waals surface area contributed by atoms with Crippen molar-refractivity contribution in [1.29, 1.82) is 0 Å². The molecule has 0 aromatic rings. The normalized spacial score (nSPS) is 9.40. The lowest BCUT2D eigenvalue weighted by molar-refractivity contribution is 0.923. The summed E-state index contributed by atoms with van der Waals surface area (Å²) in [5, 5.41) is 0. The molecule has 1 nitrogen and oxygen atoms in total. The second-order valence-electron chi connectivity index (χ2n) is 0.729. The number of nitrogens with zero attached hydrogens (tertiary/aromatic N) is 1. The Kier molecular flexibility index (Phi) is 2.80. The van der Waals surface area contributed by atoms with E-state index in [0.717, 1.165) is 0 Å². The maximum absolute atomic E-state index is 5.09. The van der Waals surface area contributed by atoms with E-state index >= 15 is 0 Å². The molecule has 0 bridgehead atoms. The van der Waals surface area contributed by atoms with Crippen molar-refractivity contribution in [1.82, 2.24) is 4.22 Å². The van der Waals surface area contributed by atoms with E-state index in [1.807, 2.05) is 6.26 Å². The second-order valence-corrected chi connectivity index (χ2v) is 1.67. The van der Waals surface area contributed by atoms with Gasteiger partial charge in [0.15, 0.2) is 7.98 Å². The van der Waals surface area contributed by atoms with E-state index in [4.69, 9.17) is 7.98 Å². The average molecular weight is 87.0 g/mol. The van der Waals surface area contributed by atoms with Crippen LogP contribution in [0, 0.1) is 0 Å². The van der Waals surface area contributed by atoms with Gasteiger partial charge in [-0.25, -0.2) is 0 Å². The summed E-state index contributed by atoms with van der Waals surface area (Å²) in [6.07, 6.45) is 1.92. The lowest BCUT2D eigenvalue weighted by Gasteiger charge is -1.99. The first-order chi connectivity index (χ1) is 2.27. The molecule has 2 radical (unpaired) electrons. The molecule has 0 aliphatic carbocycles. The van der Waals surface area contributed by atoms with Crippen molar-refractivity contribution < 1.29 is 0 Å². The molecule has 0 aromatic carbocycles. The van der Waals surface area contributed by atoms with Crippen molar-refractivity contribution >= 4 is 19.9 Å². The molecule has 0 N–H and O–H groups in total. The van der Waals surface area contributed by atoms with Gasteiger partial charge >= 0.3 is 0 Å². The van der Waals surface area contributed by atoms with Gasteiger partial charge in [0.1, 0.15) is 0 Å². The second kappa shape index (κ2) is 2.60. The lowest BCUT2D eigenvalue weighted by atomic mass is 10.5. The van der Waals surface area contributed by atoms with Crippen LogP contribution in [-0.4, -0.2) is 25.5 Å².